The Labute approximate surface area is 219 Å². The predicted octanol–water partition coefficient (Wildman–Crippen LogP) is 5.95. The maximum absolute atomic E-state index is 13.4. The topological polar surface area (TPSA) is 96.9 Å². The molecule has 0 unspecified atom stereocenters. The van der Waals surface area contributed by atoms with Gasteiger partial charge in [0.1, 0.15) is 5.82 Å². The molecule has 0 spiro atoms. The summed E-state index contributed by atoms with van der Waals surface area (Å²) in [5.74, 6) is 0.322. The van der Waals surface area contributed by atoms with Crippen molar-refractivity contribution in [3.63, 3.8) is 0 Å². The van der Waals surface area contributed by atoms with Crippen molar-refractivity contribution in [2.75, 3.05) is 5.32 Å². The summed E-state index contributed by atoms with van der Waals surface area (Å²) in [5, 5.41) is 5.61. The molecule has 1 aliphatic carbocycles. The Morgan fingerprint density at radius 2 is 1.76 bits per heavy atom. The second kappa shape index (κ2) is 11.3. The van der Waals surface area contributed by atoms with Crippen LogP contribution in [0, 0.1) is 12.3 Å². The number of hydrogen-bond acceptors (Lipinski definition) is 6. The van der Waals surface area contributed by atoms with Crippen molar-refractivity contribution in [3.8, 4) is 0 Å². The zero-order valence-corrected chi connectivity index (χ0v) is 21.4. The van der Waals surface area contributed by atoms with Gasteiger partial charge in [0.15, 0.2) is 5.78 Å². The van der Waals surface area contributed by atoms with E-state index in [9.17, 15) is 22.8 Å². The number of ketones is 1. The molecule has 4 rings (SSSR count). The first-order valence-electron chi connectivity index (χ1n) is 12.6. The van der Waals surface area contributed by atoms with Gasteiger partial charge in [0, 0.05) is 25.2 Å². The minimum Gasteiger partial charge on any atom is -0.354 e. The lowest BCUT2D eigenvalue weighted by Crippen LogP contribution is -2.33. The summed E-state index contributed by atoms with van der Waals surface area (Å²) in [4.78, 5) is 38.4. The van der Waals surface area contributed by atoms with Crippen LogP contribution in [0.4, 0.5) is 24.5 Å². The van der Waals surface area contributed by atoms with Gasteiger partial charge in [-0.3, -0.25) is 14.6 Å². The van der Waals surface area contributed by atoms with Crippen LogP contribution in [0.2, 0.25) is 0 Å². The number of nitrogens with one attached hydrogen (secondary N) is 2. The molecule has 0 atom stereocenters. The first-order chi connectivity index (χ1) is 18.1. The molecule has 0 aliphatic heterocycles. The van der Waals surface area contributed by atoms with Gasteiger partial charge in [-0.25, -0.2) is 9.97 Å². The van der Waals surface area contributed by atoms with E-state index in [-0.39, 0.29) is 30.3 Å². The van der Waals surface area contributed by atoms with E-state index in [0.29, 0.717) is 41.2 Å². The van der Waals surface area contributed by atoms with Gasteiger partial charge in [-0.15, -0.1) is 0 Å². The Hall–Kier alpha value is -3.82. The second-order valence-corrected chi connectivity index (χ2v) is 9.76. The fourth-order valence-corrected chi connectivity index (χ4v) is 4.13. The number of amides is 1. The van der Waals surface area contributed by atoms with Crippen molar-refractivity contribution in [1.82, 2.24) is 20.3 Å². The molecule has 2 N–H and O–H groups in total. The van der Waals surface area contributed by atoms with Crippen molar-refractivity contribution in [3.05, 3.63) is 77.1 Å². The number of pyridine rings is 1. The van der Waals surface area contributed by atoms with Gasteiger partial charge in [-0.05, 0) is 50.5 Å². The van der Waals surface area contributed by atoms with Gasteiger partial charge in [0.25, 0.3) is 0 Å². The highest BCUT2D eigenvalue weighted by Crippen LogP contribution is 2.49. The molecule has 200 valence electrons. The first kappa shape index (κ1) is 27.2. The molecule has 1 amide bonds. The molecule has 1 aliphatic rings. The lowest BCUT2D eigenvalue weighted by Gasteiger charge is -2.16. The van der Waals surface area contributed by atoms with E-state index in [1.54, 1.807) is 25.1 Å². The summed E-state index contributed by atoms with van der Waals surface area (Å²) in [6.07, 6.45) is 4.10. The number of anilines is 2. The van der Waals surface area contributed by atoms with Crippen molar-refractivity contribution >= 4 is 23.1 Å². The Bertz CT molecular complexity index is 1290. The lowest BCUT2D eigenvalue weighted by atomic mass is 9.95. The van der Waals surface area contributed by atoms with Crippen molar-refractivity contribution in [2.24, 2.45) is 5.41 Å². The molecule has 2 heterocycles. The minimum atomic E-state index is -4.49. The van der Waals surface area contributed by atoms with Gasteiger partial charge in [-0.2, -0.15) is 13.2 Å². The average Bonchev–Trinajstić information content (AvgIpc) is 3.68. The summed E-state index contributed by atoms with van der Waals surface area (Å²) < 4.78 is 40.1. The van der Waals surface area contributed by atoms with Crippen LogP contribution in [0.5, 0.6) is 0 Å². The number of nitrogens with zero attached hydrogens (tertiary/aromatic N) is 3. The van der Waals surface area contributed by atoms with Crippen LogP contribution < -0.4 is 10.6 Å². The van der Waals surface area contributed by atoms with Crippen LogP contribution in [0.1, 0.15) is 72.0 Å². The number of carbonyl (C=O) groups excluding carboxylic acids is 2. The first-order valence-corrected chi connectivity index (χ1v) is 12.6. The Morgan fingerprint density at radius 1 is 1.03 bits per heavy atom. The quantitative estimate of drug-likeness (QED) is 0.300. The zero-order chi connectivity index (χ0) is 27.3. The van der Waals surface area contributed by atoms with Gasteiger partial charge in [0.2, 0.25) is 5.91 Å². The zero-order valence-electron chi connectivity index (χ0n) is 21.4. The molecule has 0 saturated heterocycles. The fraction of sp³-hybridized carbons (Fsp3) is 0.393. The molecule has 38 heavy (non-hydrogen) atoms. The number of halogens is 3. The van der Waals surface area contributed by atoms with Crippen molar-refractivity contribution < 1.29 is 22.8 Å². The summed E-state index contributed by atoms with van der Waals surface area (Å²) in [6, 6.07) is 7.31. The fourth-order valence-electron chi connectivity index (χ4n) is 4.13. The third-order valence-corrected chi connectivity index (χ3v) is 6.63. The third kappa shape index (κ3) is 6.73. The van der Waals surface area contributed by atoms with Crippen molar-refractivity contribution in [2.45, 2.75) is 65.1 Å². The van der Waals surface area contributed by atoms with Gasteiger partial charge < -0.3 is 10.6 Å². The number of alkyl halides is 3. The smallest absolute Gasteiger partial charge is 0.354 e. The summed E-state index contributed by atoms with van der Waals surface area (Å²) >= 11 is 0. The highest BCUT2D eigenvalue weighted by atomic mass is 19.4. The molecule has 1 fully saturated rings. The molecule has 1 saturated carbocycles. The van der Waals surface area contributed by atoms with Crippen LogP contribution in [0.3, 0.4) is 0 Å². The normalized spacial score (nSPS) is 14.1. The van der Waals surface area contributed by atoms with Crippen LogP contribution in [-0.2, 0) is 23.9 Å². The highest BCUT2D eigenvalue weighted by molar-refractivity contribution is 6.00. The van der Waals surface area contributed by atoms with Gasteiger partial charge >= 0.3 is 6.18 Å². The number of Topliss-reactive ketones (excluding diaryl/α,β-unsaturated/α-hetero) is 1. The maximum Gasteiger partial charge on any atom is 0.418 e. The van der Waals surface area contributed by atoms with Gasteiger partial charge in [0.05, 0.1) is 46.4 Å². The molecular formula is C28H30F3N5O2. The van der Waals surface area contributed by atoms with Crippen LogP contribution >= 0.6 is 0 Å². The Kier molecular flexibility index (Phi) is 8.08. The Balaban J connectivity index is 1.31. The molecular weight excluding hydrogens is 495 g/mol. The predicted molar refractivity (Wildman–Crippen MR) is 137 cm³/mol. The SMILES string of the molecule is CCCCc1ncc(C(=O)CC2(C(=O)NCc3ccc(Nc4ccc(C)cc4C(F)(F)F)cn3)CC2)cn1. The van der Waals surface area contributed by atoms with E-state index in [0.717, 1.165) is 25.3 Å². The van der Waals surface area contributed by atoms with Gasteiger partial charge in [-0.1, -0.05) is 25.0 Å². The van der Waals surface area contributed by atoms with Crippen LogP contribution in [0.15, 0.2) is 48.9 Å². The molecule has 2 aromatic heterocycles. The second-order valence-electron chi connectivity index (χ2n) is 9.76. The van der Waals surface area contributed by atoms with E-state index >= 15 is 0 Å². The third-order valence-electron chi connectivity index (χ3n) is 6.63. The standard InChI is InChI=1S/C28H30F3N5O2/c1-3-4-5-25-33-14-19(15-34-25)24(37)13-27(10-11-27)26(38)35-16-20-7-8-21(17-32-20)36-23-9-6-18(2)12-22(23)28(29,30)31/h6-9,12,14-15,17,36H,3-5,10-11,13,16H2,1-2H3,(H,35,38). The number of hydrogen-bond donors (Lipinski definition) is 2. The van der Waals surface area contributed by atoms with E-state index < -0.39 is 17.2 Å². The monoisotopic (exact) mass is 525 g/mol. The molecule has 7 nitrogen and oxygen atoms in total. The number of unbranched alkanes of at least 4 members (excludes halogenated alkanes) is 1. The average molecular weight is 526 g/mol. The number of aromatic nitrogens is 3. The molecule has 0 bridgehead atoms. The lowest BCUT2D eigenvalue weighted by molar-refractivity contribution is -0.137. The van der Waals surface area contributed by atoms with E-state index in [4.69, 9.17) is 0 Å². The summed E-state index contributed by atoms with van der Waals surface area (Å²) in [7, 11) is 0. The molecule has 10 heteroatoms. The largest absolute Gasteiger partial charge is 0.418 e. The number of benzene rings is 1. The number of rotatable bonds is 11. The van der Waals surface area contributed by atoms with Crippen molar-refractivity contribution in [1.29, 1.82) is 0 Å². The maximum atomic E-state index is 13.4. The summed E-state index contributed by atoms with van der Waals surface area (Å²) in [5.41, 5.74) is 0.291. The van der Waals surface area contributed by atoms with Crippen LogP contribution in [-0.4, -0.2) is 26.6 Å². The number of aryl methyl sites for hydroxylation is 2. The number of carbonyl (C=O) groups is 2. The highest BCUT2D eigenvalue weighted by Gasteiger charge is 2.51. The summed E-state index contributed by atoms with van der Waals surface area (Å²) in [6.45, 7) is 3.83. The van der Waals surface area contributed by atoms with E-state index in [1.807, 2.05) is 0 Å². The van der Waals surface area contributed by atoms with Crippen LogP contribution in [0.25, 0.3) is 0 Å². The minimum absolute atomic E-state index is 0.0627. The molecule has 1 aromatic carbocycles. The molecule has 3 aromatic rings. The molecule has 0 radical (unpaired) electrons. The van der Waals surface area contributed by atoms with E-state index in [2.05, 4.69) is 32.5 Å². The van der Waals surface area contributed by atoms with E-state index in [1.165, 1.54) is 24.7 Å². The Morgan fingerprint density at radius 3 is 2.37 bits per heavy atom.